The maximum atomic E-state index is 12.9. The summed E-state index contributed by atoms with van der Waals surface area (Å²) >= 11 is 1.48. The Labute approximate surface area is 150 Å². The van der Waals surface area contributed by atoms with E-state index in [2.05, 4.69) is 17.1 Å². The minimum absolute atomic E-state index is 0.00789. The smallest absolute Gasteiger partial charge is 0.262 e. The summed E-state index contributed by atoms with van der Waals surface area (Å²) in [6.07, 6.45) is 2.68. The molecule has 3 rings (SSSR count). The molecule has 3 aromatic rings. The van der Waals surface area contributed by atoms with E-state index >= 15 is 0 Å². The van der Waals surface area contributed by atoms with Crippen LogP contribution in [0.4, 0.5) is 0 Å². The van der Waals surface area contributed by atoms with Crippen molar-refractivity contribution in [2.75, 3.05) is 0 Å². The molecule has 0 bridgehead atoms. The number of nitrogens with zero attached hydrogens (tertiary/aromatic N) is 4. The number of aryl methyl sites for hydroxylation is 1. The first-order chi connectivity index (χ1) is 12.1. The molecule has 0 aliphatic rings. The van der Waals surface area contributed by atoms with Gasteiger partial charge in [0.1, 0.15) is 0 Å². The van der Waals surface area contributed by atoms with E-state index in [0.29, 0.717) is 28.8 Å². The number of unbranched alkanes of at least 4 members (excludes halogenated alkanes) is 1. The van der Waals surface area contributed by atoms with E-state index in [4.69, 9.17) is 9.51 Å². The van der Waals surface area contributed by atoms with Crippen molar-refractivity contribution in [2.45, 2.75) is 57.0 Å². The summed E-state index contributed by atoms with van der Waals surface area (Å²) in [6.45, 7) is 6.74. The quantitative estimate of drug-likeness (QED) is 0.469. The van der Waals surface area contributed by atoms with Gasteiger partial charge in [0, 0.05) is 13.0 Å². The van der Waals surface area contributed by atoms with E-state index in [1.54, 1.807) is 4.57 Å². The van der Waals surface area contributed by atoms with Crippen molar-refractivity contribution < 1.29 is 4.52 Å². The van der Waals surface area contributed by atoms with Gasteiger partial charge < -0.3 is 4.52 Å². The predicted molar refractivity (Wildman–Crippen MR) is 98.9 cm³/mol. The van der Waals surface area contributed by atoms with Gasteiger partial charge in [-0.25, -0.2) is 4.98 Å². The van der Waals surface area contributed by atoms with Crippen molar-refractivity contribution in [2.24, 2.45) is 0 Å². The molecule has 1 atom stereocenters. The first kappa shape index (κ1) is 17.7. The van der Waals surface area contributed by atoms with Gasteiger partial charge >= 0.3 is 0 Å². The summed E-state index contributed by atoms with van der Waals surface area (Å²) in [5, 5.41) is 5.22. The fraction of sp³-hybridized carbons (Fsp3) is 0.444. The van der Waals surface area contributed by atoms with Crippen LogP contribution in [0, 0.1) is 0 Å². The lowest BCUT2D eigenvalue weighted by molar-refractivity contribution is 0.375. The van der Waals surface area contributed by atoms with Crippen molar-refractivity contribution in [3.8, 4) is 0 Å². The molecule has 0 aliphatic heterocycles. The van der Waals surface area contributed by atoms with Crippen LogP contribution in [0.25, 0.3) is 10.9 Å². The number of hydrogen-bond acceptors (Lipinski definition) is 6. The lowest BCUT2D eigenvalue weighted by Gasteiger charge is -2.14. The van der Waals surface area contributed by atoms with E-state index in [9.17, 15) is 4.79 Å². The van der Waals surface area contributed by atoms with Crippen LogP contribution in [-0.4, -0.2) is 19.7 Å². The molecule has 2 heterocycles. The Morgan fingerprint density at radius 1 is 1.24 bits per heavy atom. The van der Waals surface area contributed by atoms with Gasteiger partial charge in [-0.05, 0) is 25.5 Å². The Bertz CT molecular complexity index is 919. The molecule has 0 amide bonds. The average molecular weight is 358 g/mol. The second-order valence-electron chi connectivity index (χ2n) is 5.88. The van der Waals surface area contributed by atoms with Gasteiger partial charge in [-0.3, -0.25) is 9.36 Å². The Morgan fingerprint density at radius 2 is 2.04 bits per heavy atom. The highest BCUT2D eigenvalue weighted by atomic mass is 32.2. The summed E-state index contributed by atoms with van der Waals surface area (Å²) in [5.41, 5.74) is 0.725. The fourth-order valence-corrected chi connectivity index (χ4v) is 3.50. The monoisotopic (exact) mass is 358 g/mol. The number of benzene rings is 1. The van der Waals surface area contributed by atoms with Crippen LogP contribution in [0.2, 0.25) is 0 Å². The predicted octanol–water partition coefficient (Wildman–Crippen LogP) is 4.00. The molecule has 0 N–H and O–H groups in total. The van der Waals surface area contributed by atoms with Gasteiger partial charge in [-0.15, -0.1) is 0 Å². The lowest BCUT2D eigenvalue weighted by atomic mass is 10.2. The second-order valence-corrected chi connectivity index (χ2v) is 7.19. The minimum atomic E-state index is -0.0752. The molecule has 0 fully saturated rings. The molecule has 0 saturated carbocycles. The maximum Gasteiger partial charge on any atom is 0.262 e. The van der Waals surface area contributed by atoms with E-state index in [0.717, 1.165) is 24.8 Å². The second kappa shape index (κ2) is 7.82. The fourth-order valence-electron chi connectivity index (χ4n) is 2.54. The van der Waals surface area contributed by atoms with E-state index < -0.39 is 0 Å². The molecule has 2 aromatic heterocycles. The number of thioether (sulfide) groups is 1. The third-order valence-electron chi connectivity index (χ3n) is 3.99. The van der Waals surface area contributed by atoms with Crippen LogP contribution >= 0.6 is 11.8 Å². The summed E-state index contributed by atoms with van der Waals surface area (Å²) in [6, 6.07) is 7.47. The Hall–Kier alpha value is -2.15. The van der Waals surface area contributed by atoms with Gasteiger partial charge in [0.15, 0.2) is 11.0 Å². The molecule has 0 radical (unpaired) electrons. The van der Waals surface area contributed by atoms with E-state index in [-0.39, 0.29) is 10.8 Å². The van der Waals surface area contributed by atoms with Crippen molar-refractivity contribution in [3.05, 3.63) is 46.3 Å². The van der Waals surface area contributed by atoms with Crippen LogP contribution in [0.5, 0.6) is 0 Å². The number of para-hydroxylation sites is 1. The molecular weight excluding hydrogens is 336 g/mol. The van der Waals surface area contributed by atoms with Crippen LogP contribution in [-0.2, 0) is 13.0 Å². The molecule has 0 spiro atoms. The highest BCUT2D eigenvalue weighted by Crippen LogP contribution is 2.33. The molecule has 25 heavy (non-hydrogen) atoms. The standard InChI is InChI=1S/C18H22N4O2S/c1-4-6-11-22-17(23)13-9-7-8-10-14(13)19-18(22)25-12(3)16-20-15(5-2)21-24-16/h7-10,12H,4-6,11H2,1-3H3. The molecule has 0 saturated heterocycles. The third-order valence-corrected chi connectivity index (χ3v) is 5.07. The molecular formula is C18H22N4O2S. The highest BCUT2D eigenvalue weighted by molar-refractivity contribution is 7.99. The number of aromatic nitrogens is 4. The topological polar surface area (TPSA) is 73.8 Å². The molecule has 0 aliphatic carbocycles. The number of fused-ring (bicyclic) bond motifs is 1. The van der Waals surface area contributed by atoms with Gasteiger partial charge in [-0.2, -0.15) is 4.98 Å². The van der Waals surface area contributed by atoms with Crippen LogP contribution in [0.3, 0.4) is 0 Å². The molecule has 7 heteroatoms. The Morgan fingerprint density at radius 3 is 2.76 bits per heavy atom. The SMILES string of the molecule is CCCCn1c(SC(C)c2nc(CC)no2)nc2ccccc2c1=O. The van der Waals surface area contributed by atoms with Gasteiger partial charge in [-0.1, -0.05) is 49.3 Å². The normalized spacial score (nSPS) is 12.6. The zero-order chi connectivity index (χ0) is 17.8. The summed E-state index contributed by atoms with van der Waals surface area (Å²) in [4.78, 5) is 22.0. The van der Waals surface area contributed by atoms with Crippen LogP contribution in [0.1, 0.15) is 50.6 Å². The van der Waals surface area contributed by atoms with E-state index in [1.807, 2.05) is 38.1 Å². The van der Waals surface area contributed by atoms with Crippen molar-refractivity contribution in [1.29, 1.82) is 0 Å². The molecule has 1 aromatic carbocycles. The lowest BCUT2D eigenvalue weighted by Crippen LogP contribution is -2.23. The molecule has 132 valence electrons. The number of hydrogen-bond donors (Lipinski definition) is 0. The zero-order valence-electron chi connectivity index (χ0n) is 14.7. The summed E-state index contributed by atoms with van der Waals surface area (Å²) < 4.78 is 7.10. The third kappa shape index (κ3) is 3.76. The van der Waals surface area contributed by atoms with Crippen molar-refractivity contribution >= 4 is 22.7 Å². The van der Waals surface area contributed by atoms with E-state index in [1.165, 1.54) is 11.8 Å². The minimum Gasteiger partial charge on any atom is -0.338 e. The summed E-state index contributed by atoms with van der Waals surface area (Å²) in [7, 11) is 0. The maximum absolute atomic E-state index is 12.9. The largest absolute Gasteiger partial charge is 0.338 e. The average Bonchev–Trinajstić information content (AvgIpc) is 3.11. The summed E-state index contributed by atoms with van der Waals surface area (Å²) in [5.74, 6) is 1.25. The Kier molecular flexibility index (Phi) is 5.53. The van der Waals surface area contributed by atoms with Gasteiger partial charge in [0.05, 0.1) is 16.2 Å². The van der Waals surface area contributed by atoms with Crippen LogP contribution < -0.4 is 5.56 Å². The zero-order valence-corrected chi connectivity index (χ0v) is 15.5. The van der Waals surface area contributed by atoms with Crippen LogP contribution in [0.15, 0.2) is 38.7 Å². The first-order valence-corrected chi connectivity index (χ1v) is 9.50. The number of rotatable bonds is 7. The van der Waals surface area contributed by atoms with Crippen molar-refractivity contribution in [1.82, 2.24) is 19.7 Å². The first-order valence-electron chi connectivity index (χ1n) is 8.62. The van der Waals surface area contributed by atoms with Gasteiger partial charge in [0.25, 0.3) is 5.56 Å². The Balaban J connectivity index is 1.99. The molecule has 1 unspecified atom stereocenters. The highest BCUT2D eigenvalue weighted by Gasteiger charge is 2.19. The van der Waals surface area contributed by atoms with Gasteiger partial charge in [0.2, 0.25) is 5.89 Å². The van der Waals surface area contributed by atoms with Crippen molar-refractivity contribution in [3.63, 3.8) is 0 Å². The molecule has 6 nitrogen and oxygen atoms in total.